The summed E-state index contributed by atoms with van der Waals surface area (Å²) in [5, 5.41) is 0. The van der Waals surface area contributed by atoms with E-state index in [9.17, 15) is 13.2 Å². The predicted molar refractivity (Wildman–Crippen MR) is 100 cm³/mol. The van der Waals surface area contributed by atoms with Crippen molar-refractivity contribution in [2.75, 3.05) is 50.1 Å². The van der Waals surface area contributed by atoms with Crippen molar-refractivity contribution in [1.82, 2.24) is 14.9 Å². The number of hydrogen-bond donors (Lipinski definition) is 0. The highest BCUT2D eigenvalue weighted by Crippen LogP contribution is 2.31. The van der Waals surface area contributed by atoms with Gasteiger partial charge in [0.25, 0.3) is 0 Å². The standard InChI is InChI=1S/C19H24F3N5/c1-14-6-4-5-7-15(14)13-26-8-10-27(11-9-26)18-23-16(19(20,21)22)12-17(24-18)25(2)3/h4-7,12H,8-11,13H2,1-3H3. The number of alkyl halides is 3. The first-order chi connectivity index (χ1) is 12.7. The Morgan fingerprint density at radius 2 is 1.70 bits per heavy atom. The van der Waals surface area contributed by atoms with Gasteiger partial charge >= 0.3 is 6.18 Å². The van der Waals surface area contributed by atoms with Crippen LogP contribution in [0.25, 0.3) is 0 Å². The number of anilines is 2. The van der Waals surface area contributed by atoms with E-state index in [1.54, 1.807) is 19.0 Å². The number of rotatable bonds is 4. The van der Waals surface area contributed by atoms with Gasteiger partial charge in [-0.3, -0.25) is 4.90 Å². The Balaban J connectivity index is 1.72. The van der Waals surface area contributed by atoms with Crippen molar-refractivity contribution in [3.63, 3.8) is 0 Å². The van der Waals surface area contributed by atoms with Gasteiger partial charge in [0.15, 0.2) is 5.69 Å². The number of piperazine rings is 1. The molecule has 1 fully saturated rings. The molecule has 0 bridgehead atoms. The van der Waals surface area contributed by atoms with Crippen molar-refractivity contribution in [1.29, 1.82) is 0 Å². The van der Waals surface area contributed by atoms with Gasteiger partial charge in [-0.15, -0.1) is 0 Å². The molecule has 0 atom stereocenters. The zero-order valence-corrected chi connectivity index (χ0v) is 15.8. The van der Waals surface area contributed by atoms with Gasteiger partial charge < -0.3 is 9.80 Å². The molecule has 27 heavy (non-hydrogen) atoms. The summed E-state index contributed by atoms with van der Waals surface area (Å²) < 4.78 is 39.6. The van der Waals surface area contributed by atoms with Crippen LogP contribution in [-0.4, -0.2) is 55.1 Å². The largest absolute Gasteiger partial charge is 0.433 e. The van der Waals surface area contributed by atoms with Crippen LogP contribution in [0.15, 0.2) is 30.3 Å². The van der Waals surface area contributed by atoms with Gasteiger partial charge in [-0.2, -0.15) is 18.2 Å². The molecule has 1 saturated heterocycles. The van der Waals surface area contributed by atoms with E-state index in [1.165, 1.54) is 11.1 Å². The Morgan fingerprint density at radius 3 is 2.30 bits per heavy atom. The monoisotopic (exact) mass is 379 g/mol. The maximum absolute atomic E-state index is 13.2. The van der Waals surface area contributed by atoms with E-state index < -0.39 is 11.9 Å². The van der Waals surface area contributed by atoms with Gasteiger partial charge in [0.2, 0.25) is 5.95 Å². The van der Waals surface area contributed by atoms with Crippen molar-refractivity contribution in [2.45, 2.75) is 19.6 Å². The van der Waals surface area contributed by atoms with Crippen molar-refractivity contribution in [3.05, 3.63) is 47.2 Å². The Bertz CT molecular complexity index is 783. The van der Waals surface area contributed by atoms with Crippen molar-refractivity contribution < 1.29 is 13.2 Å². The van der Waals surface area contributed by atoms with Crippen LogP contribution in [0, 0.1) is 6.92 Å². The molecule has 1 aliphatic rings. The number of aryl methyl sites for hydroxylation is 1. The minimum absolute atomic E-state index is 0.143. The smallest absolute Gasteiger partial charge is 0.363 e. The molecule has 3 rings (SSSR count). The highest BCUT2D eigenvalue weighted by atomic mass is 19.4. The highest BCUT2D eigenvalue weighted by molar-refractivity contribution is 5.46. The van der Waals surface area contributed by atoms with E-state index in [4.69, 9.17) is 0 Å². The van der Waals surface area contributed by atoms with Crippen LogP contribution < -0.4 is 9.80 Å². The maximum atomic E-state index is 13.2. The maximum Gasteiger partial charge on any atom is 0.433 e. The molecular formula is C19H24F3N5. The zero-order chi connectivity index (χ0) is 19.6. The average Bonchev–Trinajstić information content (AvgIpc) is 2.63. The van der Waals surface area contributed by atoms with E-state index >= 15 is 0 Å². The van der Waals surface area contributed by atoms with Crippen LogP contribution in [0.3, 0.4) is 0 Å². The van der Waals surface area contributed by atoms with Gasteiger partial charge in [-0.05, 0) is 18.1 Å². The minimum Gasteiger partial charge on any atom is -0.363 e. The second kappa shape index (κ2) is 7.72. The molecular weight excluding hydrogens is 355 g/mol. The highest BCUT2D eigenvalue weighted by Gasteiger charge is 2.34. The summed E-state index contributed by atoms with van der Waals surface area (Å²) in [7, 11) is 3.35. The normalized spacial score (nSPS) is 15.9. The third kappa shape index (κ3) is 4.68. The summed E-state index contributed by atoms with van der Waals surface area (Å²) in [6.07, 6.45) is -4.49. The lowest BCUT2D eigenvalue weighted by Crippen LogP contribution is -2.46. The SMILES string of the molecule is Cc1ccccc1CN1CCN(c2nc(N(C)C)cc(C(F)(F)F)n2)CC1. The summed E-state index contributed by atoms with van der Waals surface area (Å²) in [6, 6.07) is 9.23. The van der Waals surface area contributed by atoms with Gasteiger partial charge in [0.05, 0.1) is 0 Å². The number of halogens is 3. The molecule has 0 spiro atoms. The van der Waals surface area contributed by atoms with Gasteiger partial charge in [0.1, 0.15) is 5.82 Å². The van der Waals surface area contributed by atoms with E-state index in [-0.39, 0.29) is 11.8 Å². The fraction of sp³-hybridized carbons (Fsp3) is 0.474. The lowest BCUT2D eigenvalue weighted by molar-refractivity contribution is -0.141. The van der Waals surface area contributed by atoms with E-state index in [1.807, 2.05) is 17.0 Å². The molecule has 0 saturated carbocycles. The fourth-order valence-corrected chi connectivity index (χ4v) is 3.07. The zero-order valence-electron chi connectivity index (χ0n) is 15.8. The summed E-state index contributed by atoms with van der Waals surface area (Å²) in [5.74, 6) is 0.402. The van der Waals surface area contributed by atoms with Gasteiger partial charge in [0, 0.05) is 52.9 Å². The average molecular weight is 379 g/mol. The number of hydrogen-bond acceptors (Lipinski definition) is 5. The second-order valence-electron chi connectivity index (χ2n) is 6.99. The third-order valence-electron chi connectivity index (χ3n) is 4.76. The molecule has 0 radical (unpaired) electrons. The molecule has 2 heterocycles. The molecule has 2 aromatic rings. The molecule has 0 aliphatic carbocycles. The number of aromatic nitrogens is 2. The van der Waals surface area contributed by atoms with Gasteiger partial charge in [-0.1, -0.05) is 24.3 Å². The number of benzene rings is 1. The van der Waals surface area contributed by atoms with Crippen LogP contribution in [0.2, 0.25) is 0 Å². The van der Waals surface area contributed by atoms with Crippen molar-refractivity contribution in [3.8, 4) is 0 Å². The molecule has 5 nitrogen and oxygen atoms in total. The summed E-state index contributed by atoms with van der Waals surface area (Å²) in [5.41, 5.74) is 1.62. The summed E-state index contributed by atoms with van der Waals surface area (Å²) >= 11 is 0. The molecule has 0 amide bonds. The molecule has 0 unspecified atom stereocenters. The summed E-state index contributed by atoms with van der Waals surface area (Å²) in [6.45, 7) is 5.63. The molecule has 1 aromatic carbocycles. The van der Waals surface area contributed by atoms with Gasteiger partial charge in [-0.25, -0.2) is 4.98 Å². The first kappa shape index (κ1) is 19.4. The minimum atomic E-state index is -4.49. The Labute approximate surface area is 157 Å². The van der Waals surface area contributed by atoms with E-state index in [0.717, 1.165) is 25.7 Å². The quantitative estimate of drug-likeness (QED) is 0.815. The molecule has 146 valence electrons. The lowest BCUT2D eigenvalue weighted by Gasteiger charge is -2.35. The Morgan fingerprint density at radius 1 is 1.04 bits per heavy atom. The molecule has 1 aliphatic heterocycles. The topological polar surface area (TPSA) is 35.5 Å². The Kier molecular flexibility index (Phi) is 5.55. The van der Waals surface area contributed by atoms with Crippen LogP contribution in [0.1, 0.15) is 16.8 Å². The Hall–Kier alpha value is -2.35. The molecule has 8 heteroatoms. The van der Waals surface area contributed by atoms with Crippen LogP contribution >= 0.6 is 0 Å². The van der Waals surface area contributed by atoms with Crippen LogP contribution in [0.4, 0.5) is 24.9 Å². The number of nitrogens with zero attached hydrogens (tertiary/aromatic N) is 5. The van der Waals surface area contributed by atoms with Crippen molar-refractivity contribution in [2.24, 2.45) is 0 Å². The second-order valence-corrected chi connectivity index (χ2v) is 6.99. The first-order valence-corrected chi connectivity index (χ1v) is 8.89. The van der Waals surface area contributed by atoms with E-state index in [2.05, 4.69) is 33.9 Å². The predicted octanol–water partition coefficient (Wildman–Crippen LogP) is 3.19. The molecule has 0 N–H and O–H groups in total. The lowest BCUT2D eigenvalue weighted by atomic mass is 10.1. The third-order valence-corrected chi connectivity index (χ3v) is 4.76. The van der Waals surface area contributed by atoms with E-state index in [0.29, 0.717) is 13.1 Å². The van der Waals surface area contributed by atoms with Crippen LogP contribution in [-0.2, 0) is 12.7 Å². The fourth-order valence-electron chi connectivity index (χ4n) is 3.07. The van der Waals surface area contributed by atoms with Crippen molar-refractivity contribution >= 4 is 11.8 Å². The summed E-state index contributed by atoms with van der Waals surface area (Å²) in [4.78, 5) is 13.8. The van der Waals surface area contributed by atoms with Crippen LogP contribution in [0.5, 0.6) is 0 Å². The first-order valence-electron chi connectivity index (χ1n) is 8.89. The molecule has 1 aromatic heterocycles.